The first-order valence-corrected chi connectivity index (χ1v) is 7.50. The largest absolute Gasteiger partial charge is 0.378 e. The maximum atomic E-state index is 6.20. The van der Waals surface area contributed by atoms with Crippen LogP contribution in [0.15, 0.2) is 47.2 Å². The fourth-order valence-corrected chi connectivity index (χ4v) is 3.36. The highest BCUT2D eigenvalue weighted by atomic mass is 79.9. The van der Waals surface area contributed by atoms with Gasteiger partial charge in [0, 0.05) is 22.8 Å². The number of halogens is 3. The van der Waals surface area contributed by atoms with E-state index in [4.69, 9.17) is 23.2 Å². The van der Waals surface area contributed by atoms with E-state index in [1.807, 2.05) is 47.2 Å². The summed E-state index contributed by atoms with van der Waals surface area (Å²) >= 11 is 15.8. The van der Waals surface area contributed by atoms with E-state index in [-0.39, 0.29) is 0 Å². The topological polar surface area (TPSA) is 29.3 Å². The molecule has 1 aromatic carbocycles. The van der Waals surface area contributed by atoms with E-state index >= 15 is 0 Å². The van der Waals surface area contributed by atoms with E-state index in [1.54, 1.807) is 0 Å². The Kier molecular flexibility index (Phi) is 3.87. The second-order valence-electron chi connectivity index (χ2n) is 4.30. The normalized spacial score (nSPS) is 10.9. The second-order valence-corrected chi connectivity index (χ2v) is 6.03. The fraction of sp³-hybridized carbons (Fsp3) is 0.0714. The van der Waals surface area contributed by atoms with Crippen LogP contribution in [0.2, 0.25) is 10.0 Å². The summed E-state index contributed by atoms with van der Waals surface area (Å²) in [5.74, 6) is 0. The Hall–Kier alpha value is -1.23. The molecule has 20 heavy (non-hydrogen) atoms. The zero-order valence-corrected chi connectivity index (χ0v) is 13.4. The Labute approximate surface area is 134 Å². The first kappa shape index (κ1) is 13.7. The average molecular weight is 371 g/mol. The number of fused-ring (bicyclic) bond motifs is 1. The van der Waals surface area contributed by atoms with Gasteiger partial charge >= 0.3 is 0 Å². The highest BCUT2D eigenvalue weighted by Crippen LogP contribution is 2.34. The molecule has 0 aliphatic rings. The van der Waals surface area contributed by atoms with Gasteiger partial charge in [0.15, 0.2) is 0 Å². The van der Waals surface area contributed by atoms with Crippen molar-refractivity contribution in [3.8, 4) is 0 Å². The highest BCUT2D eigenvalue weighted by molar-refractivity contribution is 9.10. The van der Waals surface area contributed by atoms with Crippen LogP contribution in [-0.4, -0.2) is 9.61 Å². The van der Waals surface area contributed by atoms with Crippen molar-refractivity contribution >= 4 is 50.3 Å². The summed E-state index contributed by atoms with van der Waals surface area (Å²) in [5.41, 5.74) is 2.87. The number of hydrogen-bond acceptors (Lipinski definition) is 2. The summed E-state index contributed by atoms with van der Waals surface area (Å²) in [6, 6.07) is 9.58. The lowest BCUT2D eigenvalue weighted by Gasteiger charge is -2.10. The minimum absolute atomic E-state index is 0.584. The van der Waals surface area contributed by atoms with Crippen LogP contribution < -0.4 is 5.32 Å². The van der Waals surface area contributed by atoms with Gasteiger partial charge in [0.1, 0.15) is 0 Å². The summed E-state index contributed by atoms with van der Waals surface area (Å²) in [4.78, 5) is 0. The molecular weight excluding hydrogens is 361 g/mol. The van der Waals surface area contributed by atoms with Crippen LogP contribution in [0.3, 0.4) is 0 Å². The smallest absolute Gasteiger partial charge is 0.0722 e. The molecule has 0 saturated heterocycles. The van der Waals surface area contributed by atoms with Gasteiger partial charge in [-0.25, -0.2) is 4.52 Å². The summed E-state index contributed by atoms with van der Waals surface area (Å²) < 4.78 is 2.69. The number of nitrogens with one attached hydrogen (secondary N) is 1. The van der Waals surface area contributed by atoms with E-state index < -0.39 is 0 Å². The van der Waals surface area contributed by atoms with E-state index in [0.717, 1.165) is 21.2 Å². The van der Waals surface area contributed by atoms with Crippen LogP contribution in [0.5, 0.6) is 0 Å². The van der Waals surface area contributed by atoms with Gasteiger partial charge in [-0.05, 0) is 24.3 Å². The third-order valence-electron chi connectivity index (χ3n) is 2.97. The molecule has 0 saturated carbocycles. The molecule has 2 aromatic heterocycles. The molecule has 3 rings (SSSR count). The molecule has 0 aliphatic carbocycles. The second kappa shape index (κ2) is 5.64. The minimum Gasteiger partial charge on any atom is -0.378 e. The zero-order valence-electron chi connectivity index (χ0n) is 10.3. The van der Waals surface area contributed by atoms with Crippen molar-refractivity contribution in [3.05, 3.63) is 62.8 Å². The van der Waals surface area contributed by atoms with Gasteiger partial charge < -0.3 is 5.32 Å². The van der Waals surface area contributed by atoms with Gasteiger partial charge in [-0.1, -0.05) is 45.2 Å². The average Bonchev–Trinajstić information content (AvgIpc) is 2.81. The van der Waals surface area contributed by atoms with Gasteiger partial charge in [0.25, 0.3) is 0 Å². The Morgan fingerprint density at radius 3 is 2.70 bits per heavy atom. The lowest BCUT2D eigenvalue weighted by Crippen LogP contribution is -2.00. The predicted octanol–water partition coefficient (Wildman–Crippen LogP) is 5.02. The fourth-order valence-electron chi connectivity index (χ4n) is 2.02. The van der Waals surface area contributed by atoms with Crippen molar-refractivity contribution in [1.82, 2.24) is 9.61 Å². The number of hydrogen-bond donors (Lipinski definition) is 1. The molecule has 0 aliphatic heterocycles. The maximum Gasteiger partial charge on any atom is 0.0722 e. The molecule has 3 aromatic rings. The third kappa shape index (κ3) is 2.64. The van der Waals surface area contributed by atoms with Crippen molar-refractivity contribution in [2.45, 2.75) is 6.54 Å². The summed E-state index contributed by atoms with van der Waals surface area (Å²) in [6.45, 7) is 0.606. The summed E-state index contributed by atoms with van der Waals surface area (Å²) in [7, 11) is 0. The number of nitrogens with zero attached hydrogens (tertiary/aromatic N) is 2. The minimum atomic E-state index is 0.584. The molecule has 1 N–H and O–H groups in total. The Balaban J connectivity index is 1.87. The Morgan fingerprint density at radius 2 is 1.95 bits per heavy atom. The third-order valence-corrected chi connectivity index (χ3v) is 4.02. The van der Waals surface area contributed by atoms with Crippen LogP contribution in [0, 0.1) is 0 Å². The zero-order chi connectivity index (χ0) is 14.1. The lowest BCUT2D eigenvalue weighted by atomic mass is 10.2. The molecule has 0 amide bonds. The molecule has 0 radical (unpaired) electrons. The van der Waals surface area contributed by atoms with Gasteiger partial charge in [-0.2, -0.15) is 5.10 Å². The van der Waals surface area contributed by atoms with Crippen molar-refractivity contribution in [3.63, 3.8) is 0 Å². The number of aromatic nitrogens is 2. The van der Waals surface area contributed by atoms with E-state index in [2.05, 4.69) is 26.3 Å². The molecule has 6 heteroatoms. The lowest BCUT2D eigenvalue weighted by molar-refractivity contribution is 0.961. The van der Waals surface area contributed by atoms with Crippen molar-refractivity contribution in [2.24, 2.45) is 0 Å². The SMILES string of the molecule is Clc1cc(Br)cc(Cl)c1NCc1cnn2ccccc12. The Bertz CT molecular complexity index is 747. The van der Waals surface area contributed by atoms with Crippen LogP contribution in [0.1, 0.15) is 5.56 Å². The molecule has 102 valence electrons. The first-order chi connectivity index (χ1) is 9.65. The molecule has 0 unspecified atom stereocenters. The van der Waals surface area contributed by atoms with Crippen LogP contribution >= 0.6 is 39.1 Å². The number of pyridine rings is 1. The quantitative estimate of drug-likeness (QED) is 0.701. The van der Waals surface area contributed by atoms with Crippen LogP contribution in [-0.2, 0) is 6.54 Å². The first-order valence-electron chi connectivity index (χ1n) is 5.95. The molecule has 0 atom stereocenters. The van der Waals surface area contributed by atoms with E-state index in [9.17, 15) is 0 Å². The molecule has 0 bridgehead atoms. The monoisotopic (exact) mass is 369 g/mol. The van der Waals surface area contributed by atoms with Crippen LogP contribution in [0.4, 0.5) is 5.69 Å². The van der Waals surface area contributed by atoms with Crippen molar-refractivity contribution in [2.75, 3.05) is 5.32 Å². The molecule has 2 heterocycles. The van der Waals surface area contributed by atoms with Crippen LogP contribution in [0.25, 0.3) is 5.52 Å². The molecule has 0 spiro atoms. The van der Waals surface area contributed by atoms with Crippen molar-refractivity contribution < 1.29 is 0 Å². The summed E-state index contributed by atoms with van der Waals surface area (Å²) in [6.07, 6.45) is 3.75. The predicted molar refractivity (Wildman–Crippen MR) is 86.7 cm³/mol. The van der Waals surface area contributed by atoms with E-state index in [1.165, 1.54) is 0 Å². The van der Waals surface area contributed by atoms with Gasteiger partial charge in [0.2, 0.25) is 0 Å². The summed E-state index contributed by atoms with van der Waals surface area (Å²) in [5, 5.41) is 8.73. The van der Waals surface area contributed by atoms with Gasteiger partial charge in [0.05, 0.1) is 27.4 Å². The maximum absolute atomic E-state index is 6.20. The number of anilines is 1. The highest BCUT2D eigenvalue weighted by Gasteiger charge is 2.09. The Morgan fingerprint density at radius 1 is 1.20 bits per heavy atom. The molecule has 0 fully saturated rings. The number of rotatable bonds is 3. The molecular formula is C14H10BrCl2N3. The standard InChI is InChI=1S/C14H10BrCl2N3/c15-10-5-11(16)14(12(17)6-10)18-7-9-8-19-20-4-2-1-3-13(9)20/h1-6,8,18H,7H2. The van der Waals surface area contributed by atoms with E-state index in [0.29, 0.717) is 16.6 Å². The van der Waals surface area contributed by atoms with Gasteiger partial charge in [-0.3, -0.25) is 0 Å². The molecule has 3 nitrogen and oxygen atoms in total. The number of benzene rings is 1. The van der Waals surface area contributed by atoms with Gasteiger partial charge in [-0.15, -0.1) is 0 Å². The van der Waals surface area contributed by atoms with Crippen molar-refractivity contribution in [1.29, 1.82) is 0 Å².